The van der Waals surface area contributed by atoms with E-state index in [4.69, 9.17) is 4.74 Å². The number of nitrogens with one attached hydrogen (secondary N) is 1. The Hall–Kier alpha value is -1.36. The van der Waals surface area contributed by atoms with Crippen LogP contribution in [0.1, 0.15) is 42.2 Å². The first-order chi connectivity index (χ1) is 11.7. The van der Waals surface area contributed by atoms with Gasteiger partial charge in [0.1, 0.15) is 18.5 Å². The van der Waals surface area contributed by atoms with Crippen LogP contribution < -0.4 is 10.1 Å². The van der Waals surface area contributed by atoms with E-state index in [1.54, 1.807) is 11.3 Å². The van der Waals surface area contributed by atoms with Crippen molar-refractivity contribution in [2.75, 3.05) is 13.2 Å². The van der Waals surface area contributed by atoms with Gasteiger partial charge in [0, 0.05) is 17.5 Å². The highest BCUT2D eigenvalue weighted by Crippen LogP contribution is 2.37. The summed E-state index contributed by atoms with van der Waals surface area (Å²) in [5.74, 6) is 1.54. The minimum absolute atomic E-state index is 0.319. The molecule has 3 rings (SSSR count). The minimum Gasteiger partial charge on any atom is -0.491 e. The van der Waals surface area contributed by atoms with Gasteiger partial charge in [-0.25, -0.2) is 0 Å². The van der Waals surface area contributed by atoms with E-state index in [-0.39, 0.29) is 0 Å². The predicted molar refractivity (Wildman–Crippen MR) is 99.7 cm³/mol. The quantitative estimate of drug-likeness (QED) is 0.749. The number of aliphatic hydroxyl groups is 1. The van der Waals surface area contributed by atoms with Crippen LogP contribution in [0.15, 0.2) is 41.8 Å². The van der Waals surface area contributed by atoms with Crippen molar-refractivity contribution in [3.05, 3.63) is 52.2 Å². The molecule has 0 radical (unpaired) electrons. The molecular weight excluding hydrogens is 318 g/mol. The number of rotatable bonds is 8. The van der Waals surface area contributed by atoms with Gasteiger partial charge < -0.3 is 15.2 Å². The van der Waals surface area contributed by atoms with Gasteiger partial charge in [0.05, 0.1) is 0 Å². The fourth-order valence-electron chi connectivity index (χ4n) is 3.48. The van der Waals surface area contributed by atoms with Crippen LogP contribution in [0, 0.1) is 12.8 Å². The van der Waals surface area contributed by atoms with E-state index in [0.717, 1.165) is 11.3 Å². The molecule has 1 aromatic heterocycles. The van der Waals surface area contributed by atoms with Gasteiger partial charge in [-0.3, -0.25) is 0 Å². The highest BCUT2D eigenvalue weighted by molar-refractivity contribution is 7.10. The second-order valence-electron chi connectivity index (χ2n) is 6.68. The maximum atomic E-state index is 10.3. The second kappa shape index (κ2) is 8.65. The van der Waals surface area contributed by atoms with Crippen LogP contribution in [0.5, 0.6) is 5.75 Å². The third-order valence-corrected chi connectivity index (χ3v) is 5.77. The highest BCUT2D eigenvalue weighted by Gasteiger charge is 2.27. The number of benzene rings is 1. The molecule has 0 aliphatic heterocycles. The average molecular weight is 346 g/mol. The standard InChI is InChI=1S/C20H27NO2S/c1-15-7-2-5-10-18(15)23-14-17(22)13-21-20(16-8-3-4-9-16)19-11-6-12-24-19/h2,5-7,10-12,16-17,20-22H,3-4,8-9,13-14H2,1H3. The van der Waals surface area contributed by atoms with Crippen molar-refractivity contribution in [2.45, 2.75) is 44.8 Å². The summed E-state index contributed by atoms with van der Waals surface area (Å²) in [7, 11) is 0. The first-order valence-electron chi connectivity index (χ1n) is 8.87. The van der Waals surface area contributed by atoms with E-state index in [0.29, 0.717) is 25.1 Å². The molecule has 2 atom stereocenters. The molecule has 4 heteroatoms. The van der Waals surface area contributed by atoms with Crippen LogP contribution in [0.25, 0.3) is 0 Å². The van der Waals surface area contributed by atoms with Crippen LogP contribution in [0.4, 0.5) is 0 Å². The SMILES string of the molecule is Cc1ccccc1OCC(O)CNC(c1cccs1)C1CCCC1. The van der Waals surface area contributed by atoms with E-state index < -0.39 is 6.10 Å². The van der Waals surface area contributed by atoms with Crippen molar-refractivity contribution in [3.63, 3.8) is 0 Å². The molecule has 0 bridgehead atoms. The lowest BCUT2D eigenvalue weighted by Gasteiger charge is -2.25. The molecule has 1 fully saturated rings. The first kappa shape index (κ1) is 17.5. The molecule has 0 amide bonds. The Morgan fingerprint density at radius 2 is 2.00 bits per heavy atom. The number of hydrogen-bond donors (Lipinski definition) is 2. The fraction of sp³-hybridized carbons (Fsp3) is 0.500. The van der Waals surface area contributed by atoms with Crippen molar-refractivity contribution in [1.82, 2.24) is 5.32 Å². The van der Waals surface area contributed by atoms with Crippen molar-refractivity contribution < 1.29 is 9.84 Å². The van der Waals surface area contributed by atoms with Crippen molar-refractivity contribution >= 4 is 11.3 Å². The van der Waals surface area contributed by atoms with E-state index >= 15 is 0 Å². The molecule has 1 aliphatic rings. The molecule has 2 N–H and O–H groups in total. The topological polar surface area (TPSA) is 41.5 Å². The summed E-state index contributed by atoms with van der Waals surface area (Å²) in [6.07, 6.45) is 4.71. The summed E-state index contributed by atoms with van der Waals surface area (Å²) in [5.41, 5.74) is 1.10. The summed E-state index contributed by atoms with van der Waals surface area (Å²) in [6, 6.07) is 12.6. The van der Waals surface area contributed by atoms with E-state index in [1.807, 2.05) is 31.2 Å². The number of para-hydroxylation sites is 1. The van der Waals surface area contributed by atoms with Crippen molar-refractivity contribution in [1.29, 1.82) is 0 Å². The third kappa shape index (κ3) is 4.59. The maximum absolute atomic E-state index is 10.3. The Morgan fingerprint density at radius 3 is 2.71 bits per heavy atom. The van der Waals surface area contributed by atoms with Gasteiger partial charge in [-0.15, -0.1) is 11.3 Å². The van der Waals surface area contributed by atoms with Gasteiger partial charge in [0.25, 0.3) is 0 Å². The lowest BCUT2D eigenvalue weighted by Crippen LogP contribution is -2.36. The number of thiophene rings is 1. The van der Waals surface area contributed by atoms with Crippen LogP contribution in [-0.2, 0) is 0 Å². The second-order valence-corrected chi connectivity index (χ2v) is 7.66. The first-order valence-corrected chi connectivity index (χ1v) is 9.75. The summed E-state index contributed by atoms with van der Waals surface area (Å²) < 4.78 is 5.76. The Morgan fingerprint density at radius 1 is 1.21 bits per heavy atom. The molecule has 2 aromatic rings. The molecule has 2 unspecified atom stereocenters. The molecule has 1 saturated carbocycles. The van der Waals surface area contributed by atoms with Gasteiger partial charge in [-0.05, 0) is 48.8 Å². The molecule has 1 aromatic carbocycles. The van der Waals surface area contributed by atoms with E-state index in [1.165, 1.54) is 30.6 Å². The van der Waals surface area contributed by atoms with Gasteiger partial charge in [-0.2, -0.15) is 0 Å². The average Bonchev–Trinajstić information content (AvgIpc) is 3.28. The van der Waals surface area contributed by atoms with Crippen molar-refractivity contribution in [3.8, 4) is 5.75 Å². The summed E-state index contributed by atoms with van der Waals surface area (Å²) in [4.78, 5) is 1.38. The number of ether oxygens (including phenoxy) is 1. The minimum atomic E-state index is -0.506. The Kier molecular flexibility index (Phi) is 6.30. The molecule has 1 heterocycles. The van der Waals surface area contributed by atoms with Gasteiger partial charge in [0.2, 0.25) is 0 Å². The lowest BCUT2D eigenvalue weighted by molar-refractivity contribution is 0.101. The molecule has 130 valence electrons. The van der Waals surface area contributed by atoms with E-state index in [2.05, 4.69) is 22.8 Å². The Balaban J connectivity index is 1.51. The van der Waals surface area contributed by atoms with Gasteiger partial charge in [0.15, 0.2) is 0 Å². The fourth-order valence-corrected chi connectivity index (χ4v) is 4.38. The number of aliphatic hydroxyl groups excluding tert-OH is 1. The molecular formula is C20H27NO2S. The van der Waals surface area contributed by atoms with Gasteiger partial charge >= 0.3 is 0 Å². The zero-order chi connectivity index (χ0) is 16.8. The summed E-state index contributed by atoms with van der Waals surface area (Å²) in [5, 5.41) is 16.0. The highest BCUT2D eigenvalue weighted by atomic mass is 32.1. The number of hydrogen-bond acceptors (Lipinski definition) is 4. The maximum Gasteiger partial charge on any atom is 0.122 e. The monoisotopic (exact) mass is 345 g/mol. The zero-order valence-corrected chi connectivity index (χ0v) is 15.1. The van der Waals surface area contributed by atoms with Crippen LogP contribution in [0.2, 0.25) is 0 Å². The van der Waals surface area contributed by atoms with Crippen LogP contribution >= 0.6 is 11.3 Å². The predicted octanol–water partition coefficient (Wildman–Crippen LogP) is 4.32. The summed E-state index contributed by atoms with van der Waals surface area (Å²) in [6.45, 7) is 2.90. The lowest BCUT2D eigenvalue weighted by atomic mass is 9.96. The molecule has 1 aliphatic carbocycles. The van der Waals surface area contributed by atoms with Crippen molar-refractivity contribution in [2.24, 2.45) is 5.92 Å². The van der Waals surface area contributed by atoms with E-state index in [9.17, 15) is 5.11 Å². The summed E-state index contributed by atoms with van der Waals surface area (Å²) >= 11 is 1.81. The van der Waals surface area contributed by atoms with Crippen LogP contribution in [0.3, 0.4) is 0 Å². The normalized spacial score (nSPS) is 17.8. The zero-order valence-electron chi connectivity index (χ0n) is 14.3. The Bertz CT molecular complexity index is 608. The molecule has 0 saturated heterocycles. The largest absolute Gasteiger partial charge is 0.491 e. The molecule has 0 spiro atoms. The number of aryl methyl sites for hydroxylation is 1. The molecule has 24 heavy (non-hydrogen) atoms. The van der Waals surface area contributed by atoms with Crippen LogP contribution in [-0.4, -0.2) is 24.4 Å². The smallest absolute Gasteiger partial charge is 0.122 e. The molecule has 3 nitrogen and oxygen atoms in total. The van der Waals surface area contributed by atoms with Gasteiger partial charge in [-0.1, -0.05) is 37.1 Å². The third-order valence-electron chi connectivity index (χ3n) is 4.82. The Labute approximate surface area is 148 Å².